The maximum absolute atomic E-state index is 13.5. The summed E-state index contributed by atoms with van der Waals surface area (Å²) in [5.41, 5.74) is 0.185. The Kier molecular flexibility index (Phi) is 5.46. The van der Waals surface area contributed by atoms with Crippen LogP contribution < -0.4 is 5.32 Å². The van der Waals surface area contributed by atoms with Crippen LogP contribution in [-0.2, 0) is 6.54 Å². The molecule has 20 heavy (non-hydrogen) atoms. The van der Waals surface area contributed by atoms with Crippen molar-refractivity contribution in [2.75, 3.05) is 0 Å². The molecule has 0 aromatic heterocycles. The van der Waals surface area contributed by atoms with Crippen LogP contribution in [0.15, 0.2) is 12.1 Å². The third kappa shape index (κ3) is 3.98. The van der Waals surface area contributed by atoms with E-state index in [1.54, 1.807) is 0 Å². The predicted molar refractivity (Wildman–Crippen MR) is 73.8 cm³/mol. The minimum absolute atomic E-state index is 0.185. The van der Waals surface area contributed by atoms with Crippen molar-refractivity contribution in [3.8, 4) is 0 Å². The second-order valence-corrected chi connectivity index (χ2v) is 5.78. The van der Waals surface area contributed by atoms with Crippen LogP contribution >= 0.6 is 0 Å². The van der Waals surface area contributed by atoms with Crippen LogP contribution in [0, 0.1) is 23.4 Å². The first-order chi connectivity index (χ1) is 9.58. The van der Waals surface area contributed by atoms with Crippen molar-refractivity contribution < 1.29 is 13.2 Å². The lowest BCUT2D eigenvalue weighted by Gasteiger charge is -2.23. The van der Waals surface area contributed by atoms with Gasteiger partial charge in [-0.05, 0) is 31.7 Å². The van der Waals surface area contributed by atoms with E-state index in [0.717, 1.165) is 6.07 Å². The number of nitrogens with one attached hydrogen (secondary N) is 1. The van der Waals surface area contributed by atoms with Gasteiger partial charge in [-0.15, -0.1) is 0 Å². The summed E-state index contributed by atoms with van der Waals surface area (Å²) in [6, 6.07) is 1.82. The third-order valence-corrected chi connectivity index (χ3v) is 4.31. The van der Waals surface area contributed by atoms with Crippen molar-refractivity contribution in [3.05, 3.63) is 35.1 Å². The van der Waals surface area contributed by atoms with Crippen molar-refractivity contribution in [2.24, 2.45) is 5.92 Å². The highest BCUT2D eigenvalue weighted by atomic mass is 19.2. The first-order valence-corrected chi connectivity index (χ1v) is 7.44. The SMILES string of the molecule is C[C@@H](NCc1cc(F)c(F)cc1F)C1CCCCCC1. The highest BCUT2D eigenvalue weighted by Gasteiger charge is 2.19. The van der Waals surface area contributed by atoms with E-state index in [-0.39, 0.29) is 18.2 Å². The molecule has 1 N–H and O–H groups in total. The van der Waals surface area contributed by atoms with E-state index in [0.29, 0.717) is 12.0 Å². The summed E-state index contributed by atoms with van der Waals surface area (Å²) in [5, 5.41) is 3.25. The Morgan fingerprint density at radius 2 is 1.60 bits per heavy atom. The second-order valence-electron chi connectivity index (χ2n) is 5.78. The van der Waals surface area contributed by atoms with Gasteiger partial charge >= 0.3 is 0 Å². The molecule has 1 aliphatic carbocycles. The fourth-order valence-corrected chi connectivity index (χ4v) is 2.95. The van der Waals surface area contributed by atoms with Crippen LogP contribution in [0.25, 0.3) is 0 Å². The standard InChI is InChI=1S/C16H22F3N/c1-11(12-6-4-2-3-5-7-12)20-10-13-8-15(18)16(19)9-14(13)17/h8-9,11-12,20H,2-7,10H2,1H3/t11-/m1/s1. The van der Waals surface area contributed by atoms with Crippen molar-refractivity contribution >= 4 is 0 Å². The summed E-state index contributed by atoms with van der Waals surface area (Å²) in [6.45, 7) is 2.33. The van der Waals surface area contributed by atoms with Gasteiger partial charge in [-0.3, -0.25) is 0 Å². The molecule has 1 nitrogen and oxygen atoms in total. The Balaban J connectivity index is 1.92. The second kappa shape index (κ2) is 7.11. The van der Waals surface area contributed by atoms with Gasteiger partial charge in [0.15, 0.2) is 11.6 Å². The van der Waals surface area contributed by atoms with Gasteiger partial charge in [-0.1, -0.05) is 25.7 Å². The lowest BCUT2D eigenvalue weighted by Crippen LogP contribution is -2.33. The average Bonchev–Trinajstić information content (AvgIpc) is 2.70. The molecule has 1 fully saturated rings. The minimum atomic E-state index is -1.14. The predicted octanol–water partition coefficient (Wildman–Crippen LogP) is 4.55. The summed E-state index contributed by atoms with van der Waals surface area (Å²) in [6.07, 6.45) is 7.46. The number of halogens is 3. The van der Waals surface area contributed by atoms with Gasteiger partial charge in [0.1, 0.15) is 5.82 Å². The fourth-order valence-electron chi connectivity index (χ4n) is 2.95. The number of hydrogen-bond donors (Lipinski definition) is 1. The van der Waals surface area contributed by atoms with Crippen LogP contribution in [0.1, 0.15) is 51.0 Å². The molecule has 4 heteroatoms. The van der Waals surface area contributed by atoms with Crippen LogP contribution in [0.4, 0.5) is 13.2 Å². The Hall–Kier alpha value is -1.03. The van der Waals surface area contributed by atoms with Gasteiger partial charge in [0.25, 0.3) is 0 Å². The van der Waals surface area contributed by atoms with E-state index in [4.69, 9.17) is 0 Å². The van der Waals surface area contributed by atoms with Gasteiger partial charge in [-0.25, -0.2) is 13.2 Å². The average molecular weight is 285 g/mol. The summed E-state index contributed by atoms with van der Waals surface area (Å²) < 4.78 is 39.5. The molecule has 0 amide bonds. The van der Waals surface area contributed by atoms with E-state index < -0.39 is 17.5 Å². The van der Waals surface area contributed by atoms with Crippen molar-refractivity contribution in [1.82, 2.24) is 5.32 Å². The van der Waals surface area contributed by atoms with Crippen molar-refractivity contribution in [1.29, 1.82) is 0 Å². The third-order valence-electron chi connectivity index (χ3n) is 4.31. The largest absolute Gasteiger partial charge is 0.310 e. The maximum atomic E-state index is 13.5. The van der Waals surface area contributed by atoms with E-state index >= 15 is 0 Å². The molecule has 1 aromatic carbocycles. The highest BCUT2D eigenvalue weighted by Crippen LogP contribution is 2.25. The smallest absolute Gasteiger partial charge is 0.161 e. The lowest BCUT2D eigenvalue weighted by atomic mass is 9.93. The summed E-state index contributed by atoms with van der Waals surface area (Å²) in [5.74, 6) is -2.23. The van der Waals surface area contributed by atoms with Gasteiger partial charge in [0.05, 0.1) is 0 Å². The molecule has 0 spiro atoms. The monoisotopic (exact) mass is 285 g/mol. The topological polar surface area (TPSA) is 12.0 Å². The Morgan fingerprint density at radius 3 is 2.25 bits per heavy atom. The Bertz CT molecular complexity index is 440. The zero-order valence-electron chi connectivity index (χ0n) is 11.9. The molecule has 1 aliphatic rings. The lowest BCUT2D eigenvalue weighted by molar-refractivity contribution is 0.334. The summed E-state index contributed by atoms with van der Waals surface area (Å²) in [4.78, 5) is 0. The van der Waals surface area contributed by atoms with Crippen molar-refractivity contribution in [2.45, 2.75) is 58.0 Å². The number of benzene rings is 1. The van der Waals surface area contributed by atoms with Gasteiger partial charge in [-0.2, -0.15) is 0 Å². The van der Waals surface area contributed by atoms with E-state index in [1.165, 1.54) is 38.5 Å². The highest BCUT2D eigenvalue weighted by molar-refractivity contribution is 5.20. The zero-order valence-corrected chi connectivity index (χ0v) is 11.9. The molecule has 2 rings (SSSR count). The summed E-state index contributed by atoms with van der Waals surface area (Å²) in [7, 11) is 0. The molecule has 0 heterocycles. The molecule has 1 aromatic rings. The van der Waals surface area contributed by atoms with E-state index in [9.17, 15) is 13.2 Å². The van der Waals surface area contributed by atoms with Gasteiger partial charge in [0.2, 0.25) is 0 Å². The molecule has 1 atom stereocenters. The van der Waals surface area contributed by atoms with Crippen LogP contribution in [0.3, 0.4) is 0 Å². The molecule has 0 radical (unpaired) electrons. The maximum Gasteiger partial charge on any atom is 0.161 e. The van der Waals surface area contributed by atoms with Gasteiger partial charge < -0.3 is 5.32 Å². The van der Waals surface area contributed by atoms with Crippen LogP contribution in [0.2, 0.25) is 0 Å². The quantitative estimate of drug-likeness (QED) is 0.632. The zero-order chi connectivity index (χ0) is 14.5. The molecular formula is C16H22F3N. The number of hydrogen-bond acceptors (Lipinski definition) is 1. The van der Waals surface area contributed by atoms with Gasteiger partial charge in [0, 0.05) is 24.2 Å². The first kappa shape index (κ1) is 15.4. The Morgan fingerprint density at radius 1 is 1.00 bits per heavy atom. The fraction of sp³-hybridized carbons (Fsp3) is 0.625. The Labute approximate surface area is 118 Å². The van der Waals surface area contributed by atoms with Crippen LogP contribution in [-0.4, -0.2) is 6.04 Å². The molecule has 1 saturated carbocycles. The van der Waals surface area contributed by atoms with E-state index in [1.807, 2.05) is 0 Å². The molecule has 112 valence electrons. The van der Waals surface area contributed by atoms with Crippen molar-refractivity contribution in [3.63, 3.8) is 0 Å². The number of rotatable bonds is 4. The van der Waals surface area contributed by atoms with E-state index in [2.05, 4.69) is 12.2 Å². The molecule has 0 aliphatic heterocycles. The molecule has 0 bridgehead atoms. The first-order valence-electron chi connectivity index (χ1n) is 7.44. The molecular weight excluding hydrogens is 263 g/mol. The molecule has 0 unspecified atom stereocenters. The summed E-state index contributed by atoms with van der Waals surface area (Å²) >= 11 is 0. The molecule has 0 saturated heterocycles. The minimum Gasteiger partial charge on any atom is -0.310 e. The van der Waals surface area contributed by atoms with Crippen LogP contribution in [0.5, 0.6) is 0 Å². The normalized spacial score (nSPS) is 18.8.